The van der Waals surface area contributed by atoms with Gasteiger partial charge in [0.1, 0.15) is 6.61 Å². The third-order valence-electron chi connectivity index (χ3n) is 5.48. The van der Waals surface area contributed by atoms with Crippen molar-refractivity contribution in [2.45, 2.75) is 25.2 Å². The molecule has 0 radical (unpaired) electrons. The Morgan fingerprint density at radius 1 is 0.812 bits per heavy atom. The number of para-hydroxylation sites is 3. The van der Waals surface area contributed by atoms with Crippen LogP contribution in [0.25, 0.3) is 0 Å². The Morgan fingerprint density at radius 3 is 2.09 bits per heavy atom. The minimum Gasteiger partial charge on any atom is -0.493 e. The first-order chi connectivity index (χ1) is 15.7. The second-order valence-electron chi connectivity index (χ2n) is 7.56. The van der Waals surface area contributed by atoms with E-state index in [1.54, 1.807) is 14.2 Å². The van der Waals surface area contributed by atoms with Crippen molar-refractivity contribution >= 4 is 0 Å². The zero-order valence-electron chi connectivity index (χ0n) is 18.6. The summed E-state index contributed by atoms with van der Waals surface area (Å²) in [5.41, 5.74) is 1.08. The van der Waals surface area contributed by atoms with Crippen LogP contribution in [0.5, 0.6) is 28.7 Å². The van der Waals surface area contributed by atoms with Crippen LogP contribution in [0.3, 0.4) is 0 Å². The van der Waals surface area contributed by atoms with Gasteiger partial charge in [0.25, 0.3) is 0 Å². The quantitative estimate of drug-likeness (QED) is 0.494. The molecule has 0 aliphatic carbocycles. The molecule has 3 atom stereocenters. The molecule has 0 saturated carbocycles. The molecular formula is C26H29NO5. The summed E-state index contributed by atoms with van der Waals surface area (Å²) >= 11 is 0. The van der Waals surface area contributed by atoms with Crippen LogP contribution in [0.1, 0.15) is 18.6 Å². The summed E-state index contributed by atoms with van der Waals surface area (Å²) in [7, 11) is 3.23. The van der Waals surface area contributed by atoms with Crippen molar-refractivity contribution in [1.82, 2.24) is 5.32 Å². The number of methoxy groups -OCH3 is 2. The van der Waals surface area contributed by atoms with Gasteiger partial charge in [-0.2, -0.15) is 0 Å². The highest BCUT2D eigenvalue weighted by Crippen LogP contribution is 2.40. The Kier molecular flexibility index (Phi) is 7.02. The van der Waals surface area contributed by atoms with Crippen molar-refractivity contribution in [1.29, 1.82) is 0 Å². The number of nitrogens with one attached hydrogen (secondary N) is 1. The number of fused-ring (bicyclic) bond motifs is 1. The lowest BCUT2D eigenvalue weighted by molar-refractivity contribution is 0.000390. The van der Waals surface area contributed by atoms with Crippen molar-refractivity contribution in [3.8, 4) is 28.7 Å². The highest BCUT2D eigenvalue weighted by Gasteiger charge is 2.36. The highest BCUT2D eigenvalue weighted by molar-refractivity contribution is 5.51. The van der Waals surface area contributed by atoms with Gasteiger partial charge in [-0.05, 0) is 36.8 Å². The normalized spacial score (nSPS) is 18.0. The number of ether oxygens (including phenoxy) is 5. The van der Waals surface area contributed by atoms with Crippen LogP contribution in [0.15, 0.2) is 72.8 Å². The fraction of sp³-hybridized carbons (Fsp3) is 0.308. The van der Waals surface area contributed by atoms with Crippen molar-refractivity contribution in [3.63, 3.8) is 0 Å². The Balaban J connectivity index is 1.42. The van der Waals surface area contributed by atoms with Gasteiger partial charge < -0.3 is 29.0 Å². The van der Waals surface area contributed by atoms with E-state index in [0.29, 0.717) is 30.4 Å². The monoisotopic (exact) mass is 435 g/mol. The first-order valence-corrected chi connectivity index (χ1v) is 10.8. The molecule has 3 aromatic carbocycles. The molecule has 0 fully saturated rings. The molecule has 0 bridgehead atoms. The van der Waals surface area contributed by atoms with Crippen molar-refractivity contribution < 1.29 is 23.7 Å². The van der Waals surface area contributed by atoms with Crippen LogP contribution in [0.4, 0.5) is 0 Å². The van der Waals surface area contributed by atoms with Crippen LogP contribution >= 0.6 is 0 Å². The van der Waals surface area contributed by atoms with Gasteiger partial charge in [0.2, 0.25) is 5.75 Å². The van der Waals surface area contributed by atoms with Gasteiger partial charge in [0.05, 0.1) is 14.2 Å². The third-order valence-corrected chi connectivity index (χ3v) is 5.48. The summed E-state index contributed by atoms with van der Waals surface area (Å²) < 4.78 is 29.5. The van der Waals surface area contributed by atoms with Crippen molar-refractivity contribution in [3.05, 3.63) is 78.4 Å². The lowest BCUT2D eigenvalue weighted by Crippen LogP contribution is -2.48. The van der Waals surface area contributed by atoms with Crippen LogP contribution < -0.4 is 29.0 Å². The van der Waals surface area contributed by atoms with E-state index in [1.165, 1.54) is 0 Å². The Labute approximate surface area is 189 Å². The summed E-state index contributed by atoms with van der Waals surface area (Å²) in [5, 5.41) is 3.52. The molecule has 1 aliphatic rings. The second-order valence-corrected chi connectivity index (χ2v) is 7.56. The zero-order valence-corrected chi connectivity index (χ0v) is 18.6. The summed E-state index contributed by atoms with van der Waals surface area (Å²) in [5.74, 6) is 3.40. The van der Waals surface area contributed by atoms with Crippen LogP contribution in [-0.4, -0.2) is 39.5 Å². The fourth-order valence-electron chi connectivity index (χ4n) is 3.84. The van der Waals surface area contributed by atoms with E-state index in [4.69, 9.17) is 23.7 Å². The zero-order chi connectivity index (χ0) is 22.3. The molecule has 4 rings (SSSR count). The molecular weight excluding hydrogens is 406 g/mol. The number of hydrogen-bond donors (Lipinski definition) is 1. The van der Waals surface area contributed by atoms with Crippen LogP contribution in [0.2, 0.25) is 0 Å². The first kappa shape index (κ1) is 21.8. The molecule has 6 heteroatoms. The molecule has 6 nitrogen and oxygen atoms in total. The fourth-order valence-corrected chi connectivity index (χ4v) is 3.84. The molecule has 1 N–H and O–H groups in total. The van der Waals surface area contributed by atoms with Crippen molar-refractivity contribution in [2.24, 2.45) is 0 Å². The standard InChI is InChI=1S/C26H29NO5/c1-18(27-16-17-30-26-22(28-2)14-9-15-23(26)29-3)24-25(19-10-5-4-6-11-19)32-21-13-8-7-12-20(21)31-24/h4-15,18,24-25,27H,16-17H2,1-3H3/t18-,24-,25-/m1/s1. The van der Waals surface area contributed by atoms with E-state index in [0.717, 1.165) is 17.1 Å². The smallest absolute Gasteiger partial charge is 0.203 e. The van der Waals surface area contributed by atoms with Gasteiger partial charge in [0, 0.05) is 12.6 Å². The average molecular weight is 436 g/mol. The van der Waals surface area contributed by atoms with E-state index >= 15 is 0 Å². The lowest BCUT2D eigenvalue weighted by atomic mass is 9.98. The maximum absolute atomic E-state index is 6.38. The Morgan fingerprint density at radius 2 is 1.44 bits per heavy atom. The van der Waals surface area contributed by atoms with Crippen molar-refractivity contribution in [2.75, 3.05) is 27.4 Å². The van der Waals surface area contributed by atoms with Gasteiger partial charge in [0.15, 0.2) is 35.2 Å². The first-order valence-electron chi connectivity index (χ1n) is 10.8. The Hall–Kier alpha value is -3.38. The summed E-state index contributed by atoms with van der Waals surface area (Å²) in [6.07, 6.45) is -0.420. The Bertz CT molecular complexity index is 988. The van der Waals surface area contributed by atoms with E-state index < -0.39 is 0 Å². The number of hydrogen-bond acceptors (Lipinski definition) is 6. The summed E-state index contributed by atoms with van der Waals surface area (Å²) in [6, 6.07) is 23.5. The van der Waals surface area contributed by atoms with Gasteiger partial charge in [-0.1, -0.05) is 48.5 Å². The molecule has 1 heterocycles. The summed E-state index contributed by atoms with van der Waals surface area (Å²) in [6.45, 7) is 3.16. The highest BCUT2D eigenvalue weighted by atomic mass is 16.6. The molecule has 3 aromatic rings. The van der Waals surface area contributed by atoms with Gasteiger partial charge in [-0.15, -0.1) is 0 Å². The predicted molar refractivity (Wildman–Crippen MR) is 123 cm³/mol. The molecule has 1 aliphatic heterocycles. The van der Waals surface area contributed by atoms with E-state index in [-0.39, 0.29) is 18.2 Å². The SMILES string of the molecule is COc1cccc(OC)c1OCCN[C@H](C)[C@H]1Oc2ccccc2O[C@@H]1c1ccccc1. The van der Waals surface area contributed by atoms with Crippen LogP contribution in [-0.2, 0) is 0 Å². The van der Waals surface area contributed by atoms with Crippen LogP contribution in [0, 0.1) is 0 Å². The largest absolute Gasteiger partial charge is 0.493 e. The van der Waals surface area contributed by atoms with E-state index in [9.17, 15) is 0 Å². The van der Waals surface area contributed by atoms with E-state index in [1.807, 2.05) is 60.7 Å². The maximum atomic E-state index is 6.38. The predicted octanol–water partition coefficient (Wildman–Crippen LogP) is 4.64. The molecule has 0 saturated heterocycles. The molecule has 0 unspecified atom stereocenters. The minimum atomic E-state index is -0.219. The third kappa shape index (κ3) is 4.75. The molecule has 32 heavy (non-hydrogen) atoms. The topological polar surface area (TPSA) is 58.2 Å². The molecule has 0 spiro atoms. The summed E-state index contributed by atoms with van der Waals surface area (Å²) in [4.78, 5) is 0. The van der Waals surface area contributed by atoms with Gasteiger partial charge in [-0.3, -0.25) is 0 Å². The minimum absolute atomic E-state index is 0.0109. The van der Waals surface area contributed by atoms with E-state index in [2.05, 4.69) is 24.4 Å². The average Bonchev–Trinajstić information content (AvgIpc) is 2.86. The second kappa shape index (κ2) is 10.3. The molecule has 0 aromatic heterocycles. The molecule has 168 valence electrons. The number of benzene rings is 3. The van der Waals surface area contributed by atoms with Gasteiger partial charge >= 0.3 is 0 Å². The number of rotatable bonds is 9. The maximum Gasteiger partial charge on any atom is 0.203 e. The lowest BCUT2D eigenvalue weighted by Gasteiger charge is -2.37. The molecule has 0 amide bonds. The van der Waals surface area contributed by atoms with Gasteiger partial charge in [-0.25, -0.2) is 0 Å².